The van der Waals surface area contributed by atoms with E-state index >= 15 is 0 Å². The van der Waals surface area contributed by atoms with E-state index < -0.39 is 10.0 Å². The second-order valence-corrected chi connectivity index (χ2v) is 7.30. The number of nitrogens with zero attached hydrogens (tertiary/aromatic N) is 2. The summed E-state index contributed by atoms with van der Waals surface area (Å²) >= 11 is 0. The van der Waals surface area contributed by atoms with E-state index in [0.717, 1.165) is 12.0 Å². The Morgan fingerprint density at radius 3 is 2.74 bits per heavy atom. The van der Waals surface area contributed by atoms with Crippen molar-refractivity contribution in [3.05, 3.63) is 30.1 Å². The molecule has 1 saturated heterocycles. The van der Waals surface area contributed by atoms with Crippen LogP contribution in [0.25, 0.3) is 0 Å². The lowest BCUT2D eigenvalue weighted by Gasteiger charge is -2.34. The minimum Gasteiger partial charge on any atom is -0.326 e. The molecule has 0 aliphatic carbocycles. The summed E-state index contributed by atoms with van der Waals surface area (Å²) in [6.45, 7) is 3.11. The van der Waals surface area contributed by atoms with Crippen molar-refractivity contribution in [1.29, 1.82) is 0 Å². The summed E-state index contributed by atoms with van der Waals surface area (Å²) in [5.74, 6) is 0.532. The molecule has 0 bridgehead atoms. The normalized spacial score (nSPS) is 25.4. The lowest BCUT2D eigenvalue weighted by molar-refractivity contribution is 0.253. The molecule has 2 unspecified atom stereocenters. The Morgan fingerprint density at radius 1 is 1.42 bits per heavy atom. The van der Waals surface area contributed by atoms with Gasteiger partial charge in [-0.25, -0.2) is 12.7 Å². The van der Waals surface area contributed by atoms with Crippen LogP contribution in [-0.2, 0) is 16.4 Å². The minimum atomic E-state index is -3.20. The summed E-state index contributed by atoms with van der Waals surface area (Å²) in [7, 11) is -3.20. The van der Waals surface area contributed by atoms with Gasteiger partial charge in [-0.3, -0.25) is 4.98 Å². The van der Waals surface area contributed by atoms with Gasteiger partial charge in [-0.2, -0.15) is 0 Å². The fraction of sp³-hybridized carbons (Fsp3) is 0.615. The lowest BCUT2D eigenvalue weighted by Crippen LogP contribution is -2.50. The number of aryl methyl sites for hydroxylation is 1. The van der Waals surface area contributed by atoms with Gasteiger partial charge in [-0.1, -0.05) is 6.92 Å². The van der Waals surface area contributed by atoms with Crippen LogP contribution >= 0.6 is 0 Å². The van der Waals surface area contributed by atoms with Crippen molar-refractivity contribution in [2.75, 3.05) is 18.8 Å². The van der Waals surface area contributed by atoms with Crippen molar-refractivity contribution in [1.82, 2.24) is 9.29 Å². The van der Waals surface area contributed by atoms with Crippen molar-refractivity contribution < 1.29 is 8.42 Å². The molecular weight excluding hydrogens is 262 g/mol. The number of rotatable bonds is 4. The molecule has 1 aliphatic heterocycles. The molecule has 1 aromatic rings. The number of hydrogen-bond acceptors (Lipinski definition) is 4. The lowest BCUT2D eigenvalue weighted by atomic mass is 9.96. The molecule has 1 aliphatic rings. The minimum absolute atomic E-state index is 0.0514. The molecule has 0 spiro atoms. The van der Waals surface area contributed by atoms with Crippen LogP contribution in [0.4, 0.5) is 0 Å². The van der Waals surface area contributed by atoms with Gasteiger partial charge in [0.1, 0.15) is 0 Å². The van der Waals surface area contributed by atoms with E-state index in [1.54, 1.807) is 16.7 Å². The average molecular weight is 283 g/mol. The Hall–Kier alpha value is -0.980. The molecular formula is C13H21N3O2S. The van der Waals surface area contributed by atoms with E-state index in [1.807, 2.05) is 12.1 Å². The molecule has 106 valence electrons. The highest BCUT2D eigenvalue weighted by molar-refractivity contribution is 7.89. The third kappa shape index (κ3) is 3.75. The number of hydrogen-bond donors (Lipinski definition) is 1. The van der Waals surface area contributed by atoms with Crippen LogP contribution in [0.1, 0.15) is 18.9 Å². The van der Waals surface area contributed by atoms with Crippen LogP contribution in [0, 0.1) is 5.92 Å². The van der Waals surface area contributed by atoms with Crippen molar-refractivity contribution in [2.45, 2.75) is 25.8 Å². The SMILES string of the molecule is CC1CCN(S(=O)(=O)CCc2ccncc2)CC1N. The van der Waals surface area contributed by atoms with Gasteiger partial charge in [0.25, 0.3) is 0 Å². The number of piperidine rings is 1. The fourth-order valence-electron chi connectivity index (χ4n) is 2.25. The first-order chi connectivity index (χ1) is 8.99. The van der Waals surface area contributed by atoms with Gasteiger partial charge >= 0.3 is 0 Å². The van der Waals surface area contributed by atoms with Crippen molar-refractivity contribution >= 4 is 10.0 Å². The molecule has 0 amide bonds. The molecule has 6 heteroatoms. The highest BCUT2D eigenvalue weighted by atomic mass is 32.2. The molecule has 0 radical (unpaired) electrons. The molecule has 19 heavy (non-hydrogen) atoms. The first-order valence-corrected chi connectivity index (χ1v) is 8.22. The van der Waals surface area contributed by atoms with E-state index in [2.05, 4.69) is 11.9 Å². The van der Waals surface area contributed by atoms with Crippen LogP contribution in [0.5, 0.6) is 0 Å². The maximum atomic E-state index is 12.3. The van der Waals surface area contributed by atoms with E-state index in [4.69, 9.17) is 5.73 Å². The number of pyridine rings is 1. The quantitative estimate of drug-likeness (QED) is 0.879. The maximum absolute atomic E-state index is 12.3. The summed E-state index contributed by atoms with van der Waals surface area (Å²) < 4.78 is 26.1. The molecule has 0 saturated carbocycles. The van der Waals surface area contributed by atoms with E-state index in [0.29, 0.717) is 25.4 Å². The third-order valence-corrected chi connectivity index (χ3v) is 5.61. The zero-order valence-electron chi connectivity index (χ0n) is 11.2. The fourth-order valence-corrected chi connectivity index (χ4v) is 3.78. The first-order valence-electron chi connectivity index (χ1n) is 6.61. The van der Waals surface area contributed by atoms with E-state index in [9.17, 15) is 8.42 Å². The Labute approximate surface area is 114 Å². The second kappa shape index (κ2) is 5.98. The predicted molar refractivity (Wildman–Crippen MR) is 75.1 cm³/mol. The largest absolute Gasteiger partial charge is 0.326 e. The topological polar surface area (TPSA) is 76.3 Å². The van der Waals surface area contributed by atoms with Gasteiger partial charge in [-0.15, -0.1) is 0 Å². The molecule has 1 aromatic heterocycles. The van der Waals surface area contributed by atoms with Crippen molar-refractivity contribution in [2.24, 2.45) is 11.7 Å². The summed E-state index contributed by atoms with van der Waals surface area (Å²) in [5.41, 5.74) is 6.95. The number of sulfonamides is 1. The van der Waals surface area contributed by atoms with Gasteiger partial charge in [0, 0.05) is 31.5 Å². The molecule has 2 atom stereocenters. The number of nitrogens with two attached hydrogens (primary N) is 1. The maximum Gasteiger partial charge on any atom is 0.214 e. The Bertz CT molecular complexity index is 504. The van der Waals surface area contributed by atoms with Gasteiger partial charge in [0.2, 0.25) is 10.0 Å². The van der Waals surface area contributed by atoms with Gasteiger partial charge in [0.15, 0.2) is 0 Å². The molecule has 2 rings (SSSR count). The van der Waals surface area contributed by atoms with Crippen LogP contribution in [-0.4, -0.2) is 42.6 Å². The van der Waals surface area contributed by atoms with E-state index in [1.165, 1.54) is 0 Å². The van der Waals surface area contributed by atoms with E-state index in [-0.39, 0.29) is 11.8 Å². The molecule has 0 aromatic carbocycles. The van der Waals surface area contributed by atoms with Gasteiger partial charge in [-0.05, 0) is 36.5 Å². The highest BCUT2D eigenvalue weighted by Gasteiger charge is 2.30. The Balaban J connectivity index is 1.95. The summed E-state index contributed by atoms with van der Waals surface area (Å²) in [6, 6.07) is 3.64. The monoisotopic (exact) mass is 283 g/mol. The molecule has 1 fully saturated rings. The van der Waals surface area contributed by atoms with Gasteiger partial charge in [0.05, 0.1) is 5.75 Å². The smallest absolute Gasteiger partial charge is 0.214 e. The Kier molecular flexibility index (Phi) is 4.54. The summed E-state index contributed by atoms with van der Waals surface area (Å²) in [6.07, 6.45) is 4.72. The average Bonchev–Trinajstić information content (AvgIpc) is 2.41. The van der Waals surface area contributed by atoms with Crippen LogP contribution in [0.15, 0.2) is 24.5 Å². The first kappa shape index (κ1) is 14.4. The van der Waals surface area contributed by atoms with Gasteiger partial charge < -0.3 is 5.73 Å². The molecule has 2 N–H and O–H groups in total. The standard InChI is InChI=1S/C13H21N3O2S/c1-11-4-8-16(10-13(11)14)19(17,18)9-5-12-2-6-15-7-3-12/h2-3,6-7,11,13H,4-5,8-10,14H2,1H3. The molecule has 2 heterocycles. The van der Waals surface area contributed by atoms with Crippen molar-refractivity contribution in [3.8, 4) is 0 Å². The highest BCUT2D eigenvalue weighted by Crippen LogP contribution is 2.18. The second-order valence-electron chi connectivity index (χ2n) is 5.21. The zero-order valence-corrected chi connectivity index (χ0v) is 12.0. The predicted octanol–water partition coefficient (Wildman–Crippen LogP) is 0.623. The van der Waals surface area contributed by atoms with Crippen LogP contribution in [0.2, 0.25) is 0 Å². The zero-order chi connectivity index (χ0) is 13.9. The van der Waals surface area contributed by atoms with Crippen molar-refractivity contribution in [3.63, 3.8) is 0 Å². The summed E-state index contributed by atoms with van der Waals surface area (Å²) in [4.78, 5) is 3.92. The van der Waals surface area contributed by atoms with Crippen LogP contribution < -0.4 is 5.73 Å². The Morgan fingerprint density at radius 2 is 2.11 bits per heavy atom. The van der Waals surface area contributed by atoms with Crippen LogP contribution in [0.3, 0.4) is 0 Å². The summed E-state index contributed by atoms with van der Waals surface area (Å²) in [5, 5.41) is 0. The third-order valence-electron chi connectivity index (χ3n) is 3.77. The molecule has 5 nitrogen and oxygen atoms in total. The number of aromatic nitrogens is 1.